The van der Waals surface area contributed by atoms with E-state index in [1.807, 2.05) is 41.9 Å². The van der Waals surface area contributed by atoms with Gasteiger partial charge in [-0.1, -0.05) is 41.3 Å². The number of thiazole rings is 1. The van der Waals surface area contributed by atoms with E-state index in [2.05, 4.69) is 5.32 Å². The topological polar surface area (TPSA) is 70.3 Å². The first-order chi connectivity index (χ1) is 16.2. The zero-order valence-corrected chi connectivity index (χ0v) is 20.7. The fourth-order valence-electron chi connectivity index (χ4n) is 3.74. The summed E-state index contributed by atoms with van der Waals surface area (Å²) in [6, 6.07) is 7.79. The standard InChI is InChI=1S/C24H22F2N2O3S3/c1-2-28-23(9-5-3-4-8-22-27-19-15-16(25)10-12-20(19)32-22)33-21-13-11-18(26)17(24(21)28)7-6-14-34(29,30)31/h3-5,8-13,15H,2,6-7,14H2,1H3,(H,29,30,31)/p+1. The monoisotopic (exact) mass is 521 g/mol. The molecule has 0 saturated carbocycles. The second-order valence-corrected chi connectivity index (χ2v) is 11.3. The highest BCUT2D eigenvalue weighted by atomic mass is 32.2. The molecule has 0 amide bonds. The minimum absolute atomic E-state index is 0.138. The Morgan fingerprint density at radius 1 is 1.15 bits per heavy atom. The van der Waals surface area contributed by atoms with Crippen LogP contribution in [0, 0.1) is 11.6 Å². The summed E-state index contributed by atoms with van der Waals surface area (Å²) in [6.07, 6.45) is 9.88. The van der Waals surface area contributed by atoms with Gasteiger partial charge in [-0.2, -0.15) is 13.0 Å². The van der Waals surface area contributed by atoms with Crippen molar-refractivity contribution < 1.29 is 26.3 Å². The lowest BCUT2D eigenvalue weighted by atomic mass is 10.1. The molecule has 34 heavy (non-hydrogen) atoms. The van der Waals surface area contributed by atoms with Gasteiger partial charge in [-0.15, -0.1) is 0 Å². The summed E-state index contributed by atoms with van der Waals surface area (Å²) in [5.74, 6) is -1.06. The number of halogens is 2. The number of fused-ring (bicyclic) bond motifs is 2. The molecule has 0 unspecified atom stereocenters. The smallest absolute Gasteiger partial charge is 0.264 e. The maximum absolute atomic E-state index is 14.6. The molecule has 2 aromatic carbocycles. The molecule has 1 aliphatic rings. The van der Waals surface area contributed by atoms with Crippen molar-refractivity contribution in [2.45, 2.75) is 31.2 Å². The molecule has 0 fully saturated rings. The molecule has 4 rings (SSSR count). The van der Waals surface area contributed by atoms with E-state index in [4.69, 9.17) is 4.55 Å². The predicted molar refractivity (Wildman–Crippen MR) is 135 cm³/mol. The summed E-state index contributed by atoms with van der Waals surface area (Å²) in [4.78, 5) is 0.977. The Kier molecular flexibility index (Phi) is 7.51. The normalized spacial score (nSPS) is 15.1. The number of allylic oxidation sites excluding steroid dienone is 4. The summed E-state index contributed by atoms with van der Waals surface area (Å²) in [5.41, 5.74) is 1.97. The maximum atomic E-state index is 14.6. The molecule has 178 valence electrons. The minimum Gasteiger partial charge on any atom is -0.349 e. The van der Waals surface area contributed by atoms with Crippen molar-refractivity contribution in [3.05, 3.63) is 81.9 Å². The van der Waals surface area contributed by atoms with Crippen LogP contribution in [-0.4, -0.2) is 18.7 Å². The van der Waals surface area contributed by atoms with E-state index in [1.54, 1.807) is 12.1 Å². The van der Waals surface area contributed by atoms with Crippen LogP contribution < -0.4 is 9.88 Å². The first-order valence-electron chi connectivity index (χ1n) is 10.6. The average Bonchev–Trinajstić information content (AvgIpc) is 3.34. The van der Waals surface area contributed by atoms with Crippen LogP contribution >= 0.6 is 23.1 Å². The fourth-order valence-corrected chi connectivity index (χ4v) is 6.32. The summed E-state index contributed by atoms with van der Waals surface area (Å²) < 4.78 is 61.9. The molecule has 0 radical (unpaired) electrons. The molecule has 10 heteroatoms. The average molecular weight is 522 g/mol. The van der Waals surface area contributed by atoms with Crippen molar-refractivity contribution in [1.29, 1.82) is 0 Å². The lowest BCUT2D eigenvalue weighted by Crippen LogP contribution is -2.34. The number of hydrogen-bond acceptors (Lipinski definition) is 5. The maximum Gasteiger partial charge on any atom is 0.264 e. The van der Waals surface area contributed by atoms with E-state index in [9.17, 15) is 17.2 Å². The number of anilines is 1. The molecule has 0 bridgehead atoms. The number of aromatic nitrogens is 1. The van der Waals surface area contributed by atoms with E-state index < -0.39 is 15.9 Å². The van der Waals surface area contributed by atoms with Crippen LogP contribution in [0.3, 0.4) is 0 Å². The van der Waals surface area contributed by atoms with Crippen molar-refractivity contribution in [3.63, 3.8) is 0 Å². The van der Waals surface area contributed by atoms with E-state index in [0.29, 0.717) is 12.1 Å². The number of aryl methyl sites for hydroxylation is 2. The quantitative estimate of drug-likeness (QED) is 0.218. The Balaban J connectivity index is 1.51. The molecule has 0 aliphatic carbocycles. The number of thioether (sulfide) groups is 1. The fraction of sp³-hybridized carbons (Fsp3) is 0.208. The molecule has 1 aromatic heterocycles. The lowest BCUT2D eigenvalue weighted by molar-refractivity contribution is -0.665. The number of rotatable bonds is 8. The van der Waals surface area contributed by atoms with Crippen molar-refractivity contribution in [1.82, 2.24) is 0 Å². The highest BCUT2D eigenvalue weighted by Crippen LogP contribution is 2.40. The van der Waals surface area contributed by atoms with Crippen LogP contribution in [0.2, 0.25) is 0 Å². The number of hydrogen-bond donors (Lipinski definition) is 2. The van der Waals surface area contributed by atoms with Crippen LogP contribution in [0.1, 0.15) is 23.9 Å². The molecule has 2 N–H and O–H groups in total. The van der Waals surface area contributed by atoms with Crippen molar-refractivity contribution in [3.8, 4) is 0 Å². The Morgan fingerprint density at radius 2 is 1.97 bits per heavy atom. The highest BCUT2D eigenvalue weighted by Gasteiger charge is 2.23. The molecular formula is C24H23F2N2O3S3+. The third-order valence-electron chi connectivity index (χ3n) is 5.21. The molecule has 5 nitrogen and oxygen atoms in total. The summed E-state index contributed by atoms with van der Waals surface area (Å²) in [5, 5.41) is 5.02. The van der Waals surface area contributed by atoms with Crippen LogP contribution in [0.25, 0.3) is 16.3 Å². The van der Waals surface area contributed by atoms with Crippen LogP contribution in [-0.2, 0) is 23.1 Å². The van der Waals surface area contributed by atoms with E-state index in [-0.39, 0.29) is 24.5 Å². The van der Waals surface area contributed by atoms with Crippen molar-refractivity contribution in [2.24, 2.45) is 0 Å². The van der Waals surface area contributed by atoms with Crippen LogP contribution in [0.4, 0.5) is 14.5 Å². The van der Waals surface area contributed by atoms with E-state index >= 15 is 0 Å². The van der Waals surface area contributed by atoms with Gasteiger partial charge in [-0.05, 0) is 56.2 Å². The van der Waals surface area contributed by atoms with E-state index in [0.717, 1.165) is 30.8 Å². The predicted octanol–water partition coefficient (Wildman–Crippen LogP) is 5.94. The number of nitrogens with zero attached hydrogens (tertiary/aromatic N) is 1. The van der Waals surface area contributed by atoms with Gasteiger partial charge >= 0.3 is 0 Å². The van der Waals surface area contributed by atoms with E-state index in [1.165, 1.54) is 41.3 Å². The first kappa shape index (κ1) is 24.6. The summed E-state index contributed by atoms with van der Waals surface area (Å²) in [6.45, 7) is 2.59. The second kappa shape index (κ2) is 10.4. The largest absolute Gasteiger partial charge is 0.349 e. The van der Waals surface area contributed by atoms with Gasteiger partial charge in [0, 0.05) is 11.0 Å². The Morgan fingerprint density at radius 3 is 2.74 bits per heavy atom. The lowest BCUT2D eigenvalue weighted by Gasteiger charge is -2.03. The minimum atomic E-state index is -4.08. The molecule has 2 heterocycles. The summed E-state index contributed by atoms with van der Waals surface area (Å²) >= 11 is 3.06. The Bertz CT molecular complexity index is 1430. The SMILES string of the molecule is CC[n+]1c(C=CC=CC=C2Nc3cc(F)ccc3S2)sc2ccc(F)c(CCCS(=O)(=O)O)c21. The molecular weight excluding hydrogens is 498 g/mol. The molecule has 3 aromatic rings. The molecule has 0 spiro atoms. The summed E-state index contributed by atoms with van der Waals surface area (Å²) in [7, 11) is -4.08. The number of nitrogens with one attached hydrogen (secondary N) is 1. The van der Waals surface area contributed by atoms with Gasteiger partial charge in [0.05, 0.1) is 22.0 Å². The van der Waals surface area contributed by atoms with Crippen molar-refractivity contribution in [2.75, 3.05) is 11.1 Å². The Hall–Kier alpha value is -2.53. The van der Waals surface area contributed by atoms with Gasteiger partial charge in [0.25, 0.3) is 15.1 Å². The molecule has 0 atom stereocenters. The third kappa shape index (κ3) is 5.75. The second-order valence-electron chi connectivity index (χ2n) is 7.59. The highest BCUT2D eigenvalue weighted by molar-refractivity contribution is 8.03. The van der Waals surface area contributed by atoms with Gasteiger partial charge in [-0.3, -0.25) is 4.55 Å². The Labute approximate surface area is 205 Å². The van der Waals surface area contributed by atoms with Gasteiger partial charge < -0.3 is 5.32 Å². The van der Waals surface area contributed by atoms with Crippen molar-refractivity contribution >= 4 is 55.2 Å². The molecule has 0 saturated heterocycles. The van der Waals surface area contributed by atoms with Crippen LogP contribution in [0.5, 0.6) is 0 Å². The first-order valence-corrected chi connectivity index (χ1v) is 13.9. The van der Waals surface area contributed by atoms with Crippen LogP contribution in [0.15, 0.2) is 64.6 Å². The van der Waals surface area contributed by atoms with Gasteiger partial charge in [0.1, 0.15) is 22.9 Å². The molecule has 1 aliphatic heterocycles. The zero-order valence-electron chi connectivity index (χ0n) is 18.3. The van der Waals surface area contributed by atoms with Gasteiger partial charge in [0.15, 0.2) is 0 Å². The van der Waals surface area contributed by atoms with Gasteiger partial charge in [0.2, 0.25) is 5.52 Å². The zero-order chi connectivity index (χ0) is 24.3. The third-order valence-corrected chi connectivity index (χ3v) is 8.17. The van der Waals surface area contributed by atoms with Gasteiger partial charge in [-0.25, -0.2) is 8.78 Å². The number of benzene rings is 2.